The maximum atomic E-state index is 11.6. The van der Waals surface area contributed by atoms with Crippen LogP contribution in [0.15, 0.2) is 28.4 Å². The van der Waals surface area contributed by atoms with E-state index in [0.717, 1.165) is 17.1 Å². The van der Waals surface area contributed by atoms with Crippen molar-refractivity contribution in [2.24, 2.45) is 0 Å². The summed E-state index contributed by atoms with van der Waals surface area (Å²) in [6.07, 6.45) is 5.11. The fraction of sp³-hybridized carbons (Fsp3) is 0.471. The second-order valence-corrected chi connectivity index (χ2v) is 9.26. The summed E-state index contributed by atoms with van der Waals surface area (Å²) in [6.45, 7) is 3.02. The van der Waals surface area contributed by atoms with Crippen LogP contribution in [-0.4, -0.2) is 48.1 Å². The van der Waals surface area contributed by atoms with Crippen LogP contribution < -0.4 is 10.6 Å². The van der Waals surface area contributed by atoms with Crippen molar-refractivity contribution in [3.05, 3.63) is 34.1 Å². The van der Waals surface area contributed by atoms with Crippen LogP contribution >= 0.6 is 11.8 Å². The van der Waals surface area contributed by atoms with Crippen LogP contribution in [-0.2, 0) is 10.0 Å². The fourth-order valence-electron chi connectivity index (χ4n) is 2.93. The van der Waals surface area contributed by atoms with Crippen LogP contribution in [0.4, 0.5) is 5.95 Å². The van der Waals surface area contributed by atoms with Crippen LogP contribution in [0.2, 0.25) is 0 Å². The van der Waals surface area contributed by atoms with E-state index in [-0.39, 0.29) is 6.04 Å². The minimum Gasteiger partial charge on any atom is -0.352 e. The number of nitriles is 1. The first kappa shape index (κ1) is 19.7. The molecule has 0 aliphatic carbocycles. The molecule has 0 unspecified atom stereocenters. The number of sulfonamides is 1. The van der Waals surface area contributed by atoms with Crippen molar-refractivity contribution in [1.82, 2.24) is 19.6 Å². The first-order valence-electron chi connectivity index (χ1n) is 8.73. The Hall–Kier alpha value is -2.09. The lowest BCUT2D eigenvalue weighted by Gasteiger charge is -2.30. The van der Waals surface area contributed by atoms with Crippen LogP contribution in [0.25, 0.3) is 5.57 Å². The Morgan fingerprint density at radius 2 is 2.22 bits per heavy atom. The molecule has 8 nitrogen and oxygen atoms in total. The summed E-state index contributed by atoms with van der Waals surface area (Å²) in [7, 11) is -3.14. The summed E-state index contributed by atoms with van der Waals surface area (Å²) in [6, 6.07) is 4.05. The molecule has 2 N–H and O–H groups in total. The molecular weight excluding hydrogens is 384 g/mol. The predicted octanol–water partition coefficient (Wildman–Crippen LogP) is 2.09. The lowest BCUT2D eigenvalue weighted by Crippen LogP contribution is -2.42. The lowest BCUT2D eigenvalue weighted by molar-refractivity contribution is 0.331. The van der Waals surface area contributed by atoms with Gasteiger partial charge in [0.05, 0.1) is 17.0 Å². The van der Waals surface area contributed by atoms with Crippen molar-refractivity contribution in [3.8, 4) is 6.07 Å². The van der Waals surface area contributed by atoms with Gasteiger partial charge < -0.3 is 10.6 Å². The highest BCUT2D eigenvalue weighted by atomic mass is 32.2. The Morgan fingerprint density at radius 1 is 1.48 bits per heavy atom. The highest BCUT2D eigenvalue weighted by Gasteiger charge is 2.25. The molecule has 144 valence electrons. The molecule has 27 heavy (non-hydrogen) atoms. The van der Waals surface area contributed by atoms with Gasteiger partial charge in [-0.25, -0.2) is 22.7 Å². The topological polar surface area (TPSA) is 111 Å². The van der Waals surface area contributed by atoms with Gasteiger partial charge in [0.2, 0.25) is 16.0 Å². The van der Waals surface area contributed by atoms with Crippen LogP contribution in [0.1, 0.15) is 31.9 Å². The largest absolute Gasteiger partial charge is 0.352 e. The number of hydrogen-bond acceptors (Lipinski definition) is 8. The Labute approximate surface area is 163 Å². The van der Waals surface area contributed by atoms with Gasteiger partial charge in [-0.1, -0.05) is 18.7 Å². The molecule has 0 atom stereocenters. The molecule has 1 aromatic heterocycles. The first-order chi connectivity index (χ1) is 12.9. The summed E-state index contributed by atoms with van der Waals surface area (Å²) < 4.78 is 24.7. The second kappa shape index (κ2) is 8.29. The third kappa shape index (κ3) is 4.80. The molecule has 0 saturated carbocycles. The minimum absolute atomic E-state index is 0.101. The van der Waals surface area contributed by atoms with E-state index >= 15 is 0 Å². The monoisotopic (exact) mass is 406 g/mol. The number of thioether (sulfide) groups is 1. The van der Waals surface area contributed by atoms with Gasteiger partial charge in [-0.05, 0) is 30.7 Å². The summed E-state index contributed by atoms with van der Waals surface area (Å²) in [5.74, 6) is 0.449. The molecule has 0 bridgehead atoms. The van der Waals surface area contributed by atoms with Gasteiger partial charge >= 0.3 is 0 Å². The quantitative estimate of drug-likeness (QED) is 0.715. The highest BCUT2D eigenvalue weighted by Crippen LogP contribution is 2.32. The second-order valence-electron chi connectivity index (χ2n) is 6.40. The highest BCUT2D eigenvalue weighted by molar-refractivity contribution is 8.06. The Morgan fingerprint density at radius 3 is 2.81 bits per heavy atom. The number of allylic oxidation sites excluding steroid dienone is 2. The summed E-state index contributed by atoms with van der Waals surface area (Å²) in [5, 5.41) is 18.9. The summed E-state index contributed by atoms with van der Waals surface area (Å²) >= 11 is 1.49. The smallest absolute Gasteiger partial charge is 0.223 e. The zero-order valence-electron chi connectivity index (χ0n) is 15.3. The molecule has 3 heterocycles. The zero-order valence-corrected chi connectivity index (χ0v) is 16.9. The van der Waals surface area contributed by atoms with Gasteiger partial charge in [-0.3, -0.25) is 0 Å². The Balaban J connectivity index is 1.70. The number of piperidine rings is 1. The summed E-state index contributed by atoms with van der Waals surface area (Å²) in [5.41, 5.74) is 2.12. The van der Waals surface area contributed by atoms with Crippen LogP contribution in [0, 0.1) is 11.3 Å². The standard InChI is InChI=1S/C17H22N6O2S2/c1-3-12-11-26-16(20-12)14(10-18)15-4-7-19-17(22-15)21-13-5-8-23(9-6-13)27(2,24)25/h4,7,11,13,20H,3,5-6,8-9H2,1-2H3,(H,19,21,22). The van der Waals surface area contributed by atoms with E-state index in [1.54, 1.807) is 12.3 Å². The maximum Gasteiger partial charge on any atom is 0.223 e. The molecule has 0 spiro atoms. The maximum absolute atomic E-state index is 11.6. The third-order valence-electron chi connectivity index (χ3n) is 4.48. The first-order valence-corrected chi connectivity index (χ1v) is 11.5. The third-order valence-corrected chi connectivity index (χ3v) is 6.73. The Kier molecular flexibility index (Phi) is 6.04. The number of rotatable bonds is 5. The molecule has 2 aliphatic rings. The van der Waals surface area contributed by atoms with Crippen molar-refractivity contribution in [1.29, 1.82) is 5.26 Å². The van der Waals surface area contributed by atoms with Gasteiger partial charge in [-0.2, -0.15) is 5.26 Å². The molecule has 2 aliphatic heterocycles. The molecular formula is C17H22N6O2S2. The van der Waals surface area contributed by atoms with Crippen LogP contribution in [0.3, 0.4) is 0 Å². The van der Waals surface area contributed by atoms with E-state index in [1.807, 2.05) is 5.41 Å². The minimum atomic E-state index is -3.14. The number of nitrogens with one attached hydrogen (secondary N) is 2. The number of aromatic nitrogens is 2. The van der Waals surface area contributed by atoms with Gasteiger partial charge in [0, 0.05) is 31.0 Å². The fourth-order valence-corrected chi connectivity index (χ4v) is 4.75. The van der Waals surface area contributed by atoms with Gasteiger partial charge in [0.15, 0.2) is 0 Å². The zero-order chi connectivity index (χ0) is 19.4. The number of hydrogen-bond donors (Lipinski definition) is 2. The molecule has 0 amide bonds. The van der Waals surface area contributed by atoms with Gasteiger partial charge in [0.25, 0.3) is 0 Å². The average Bonchev–Trinajstić information content (AvgIpc) is 3.11. The lowest BCUT2D eigenvalue weighted by atomic mass is 10.1. The van der Waals surface area contributed by atoms with E-state index in [0.29, 0.717) is 43.1 Å². The molecule has 1 aromatic rings. The van der Waals surface area contributed by atoms with Gasteiger partial charge in [-0.15, -0.1) is 0 Å². The van der Waals surface area contributed by atoms with Crippen molar-refractivity contribution in [2.75, 3.05) is 24.7 Å². The van der Waals surface area contributed by atoms with Crippen molar-refractivity contribution in [2.45, 2.75) is 32.2 Å². The molecule has 0 radical (unpaired) electrons. The molecule has 1 saturated heterocycles. The molecule has 10 heteroatoms. The van der Waals surface area contributed by atoms with Gasteiger partial charge in [0.1, 0.15) is 11.6 Å². The summed E-state index contributed by atoms with van der Waals surface area (Å²) in [4.78, 5) is 8.74. The van der Waals surface area contributed by atoms with E-state index in [1.165, 1.54) is 22.3 Å². The van der Waals surface area contributed by atoms with Crippen molar-refractivity contribution in [3.63, 3.8) is 0 Å². The molecule has 3 rings (SSSR count). The number of nitrogens with zero attached hydrogens (tertiary/aromatic N) is 4. The normalized spacial score (nSPS) is 20.6. The Bertz CT molecular complexity index is 912. The van der Waals surface area contributed by atoms with Crippen molar-refractivity contribution < 1.29 is 8.42 Å². The molecule has 1 fully saturated rings. The van der Waals surface area contributed by atoms with Crippen molar-refractivity contribution >= 4 is 33.3 Å². The van der Waals surface area contributed by atoms with E-state index < -0.39 is 10.0 Å². The van der Waals surface area contributed by atoms with E-state index in [2.05, 4.69) is 33.6 Å². The predicted molar refractivity (Wildman–Crippen MR) is 107 cm³/mol. The molecule has 0 aromatic carbocycles. The van der Waals surface area contributed by atoms with E-state index in [9.17, 15) is 13.7 Å². The average molecular weight is 407 g/mol. The number of anilines is 1. The SMILES string of the molecule is CCC1=CSC(=C(C#N)c2ccnc(NC3CCN(S(C)(=O)=O)CC3)n2)N1. The van der Waals surface area contributed by atoms with Crippen LogP contribution in [0.5, 0.6) is 0 Å². The van der Waals surface area contributed by atoms with E-state index in [4.69, 9.17) is 0 Å².